The minimum Gasteiger partial charge on any atom is -0.382 e. The Morgan fingerprint density at radius 2 is 1.92 bits per heavy atom. The van der Waals surface area contributed by atoms with E-state index >= 15 is 0 Å². The van der Waals surface area contributed by atoms with Crippen molar-refractivity contribution in [2.75, 3.05) is 18.4 Å². The molecule has 3 rings (SSSR count). The molecule has 1 N–H and O–H groups in total. The van der Waals surface area contributed by atoms with Gasteiger partial charge in [0.2, 0.25) is 5.91 Å². The van der Waals surface area contributed by atoms with E-state index in [0.717, 1.165) is 24.2 Å². The molecule has 0 unspecified atom stereocenters. The number of anilines is 1. The largest absolute Gasteiger partial charge is 0.382 e. The van der Waals surface area contributed by atoms with E-state index < -0.39 is 0 Å². The topological polar surface area (TPSA) is 45.2 Å². The summed E-state index contributed by atoms with van der Waals surface area (Å²) in [6.45, 7) is 1.43. The molecule has 0 bridgehead atoms. The molecule has 1 aromatic heterocycles. The highest BCUT2D eigenvalue weighted by molar-refractivity contribution is 5.91. The van der Waals surface area contributed by atoms with Crippen LogP contribution in [0.1, 0.15) is 18.5 Å². The van der Waals surface area contributed by atoms with E-state index in [9.17, 15) is 9.18 Å². The first-order valence-corrected chi connectivity index (χ1v) is 8.11. The Morgan fingerprint density at radius 3 is 2.58 bits per heavy atom. The lowest BCUT2D eigenvalue weighted by Gasteiger charge is -2.32. The summed E-state index contributed by atoms with van der Waals surface area (Å²) in [6, 6.07) is 12.3. The second-order valence-corrected chi connectivity index (χ2v) is 5.84. The average molecular weight is 325 g/mol. The number of rotatable bonds is 4. The third-order valence-electron chi connectivity index (χ3n) is 4.11. The van der Waals surface area contributed by atoms with Crippen LogP contribution in [0.3, 0.4) is 0 Å². The molecular weight excluding hydrogens is 305 g/mol. The summed E-state index contributed by atoms with van der Waals surface area (Å²) in [5.41, 5.74) is 1.69. The number of pyridine rings is 1. The highest BCUT2D eigenvalue weighted by Gasteiger charge is 2.21. The number of nitrogens with one attached hydrogen (secondary N) is 1. The Hall–Kier alpha value is -2.69. The summed E-state index contributed by atoms with van der Waals surface area (Å²) >= 11 is 0. The number of carbonyl (C=O) groups excluding carboxylic acids is 1. The van der Waals surface area contributed by atoms with Crippen molar-refractivity contribution in [3.63, 3.8) is 0 Å². The second-order valence-electron chi connectivity index (χ2n) is 5.84. The normalized spacial score (nSPS) is 15.6. The number of hydrogen-bond donors (Lipinski definition) is 1. The van der Waals surface area contributed by atoms with Crippen molar-refractivity contribution in [2.45, 2.75) is 18.9 Å². The van der Waals surface area contributed by atoms with Crippen LogP contribution in [-0.4, -0.2) is 34.9 Å². The third kappa shape index (κ3) is 4.41. The molecule has 0 aliphatic carbocycles. The van der Waals surface area contributed by atoms with Gasteiger partial charge in [0, 0.05) is 37.1 Å². The number of benzene rings is 1. The maximum atomic E-state index is 12.9. The van der Waals surface area contributed by atoms with Crippen LogP contribution in [0.4, 0.5) is 10.1 Å². The van der Waals surface area contributed by atoms with E-state index in [1.165, 1.54) is 12.1 Å². The third-order valence-corrected chi connectivity index (χ3v) is 4.11. The van der Waals surface area contributed by atoms with Crippen molar-refractivity contribution in [3.8, 4) is 0 Å². The minimum absolute atomic E-state index is 0.0147. The van der Waals surface area contributed by atoms with E-state index in [1.807, 2.05) is 23.1 Å². The summed E-state index contributed by atoms with van der Waals surface area (Å²) in [5.74, 6) is -0.221. The van der Waals surface area contributed by atoms with Gasteiger partial charge in [0.05, 0.1) is 5.69 Å². The van der Waals surface area contributed by atoms with E-state index in [0.29, 0.717) is 19.1 Å². The fourth-order valence-electron chi connectivity index (χ4n) is 2.76. The van der Waals surface area contributed by atoms with Gasteiger partial charge in [-0.1, -0.05) is 6.07 Å². The zero-order valence-electron chi connectivity index (χ0n) is 13.4. The van der Waals surface area contributed by atoms with Gasteiger partial charge in [-0.25, -0.2) is 4.39 Å². The van der Waals surface area contributed by atoms with Crippen molar-refractivity contribution in [1.82, 2.24) is 9.88 Å². The van der Waals surface area contributed by atoms with Gasteiger partial charge in [0.25, 0.3) is 0 Å². The Kier molecular flexibility index (Phi) is 5.21. The van der Waals surface area contributed by atoms with Crippen LogP contribution in [0.2, 0.25) is 0 Å². The van der Waals surface area contributed by atoms with Crippen LogP contribution < -0.4 is 5.32 Å². The van der Waals surface area contributed by atoms with Crippen molar-refractivity contribution in [2.24, 2.45) is 0 Å². The number of carbonyl (C=O) groups is 1. The number of hydrogen-bond acceptors (Lipinski definition) is 3. The molecule has 2 aromatic rings. The maximum absolute atomic E-state index is 12.9. The molecule has 1 aliphatic rings. The fraction of sp³-hybridized carbons (Fsp3) is 0.263. The molecule has 0 spiro atoms. The van der Waals surface area contributed by atoms with Crippen LogP contribution in [0.15, 0.2) is 54.7 Å². The molecule has 1 fully saturated rings. The van der Waals surface area contributed by atoms with E-state index in [1.54, 1.807) is 30.5 Å². The smallest absolute Gasteiger partial charge is 0.246 e. The van der Waals surface area contributed by atoms with E-state index in [2.05, 4.69) is 10.3 Å². The van der Waals surface area contributed by atoms with Crippen molar-refractivity contribution in [3.05, 3.63) is 66.2 Å². The second kappa shape index (κ2) is 7.73. The standard InChI is InChI=1S/C19H20FN3O/c20-15-4-6-17(7-5-15)22-18-10-13-23(14-11-18)19(24)9-8-16-3-1-2-12-21-16/h1-9,12,18,22H,10-11,13-14H2/b9-8-. The highest BCUT2D eigenvalue weighted by Crippen LogP contribution is 2.17. The van der Waals surface area contributed by atoms with Crippen molar-refractivity contribution in [1.29, 1.82) is 0 Å². The molecule has 0 radical (unpaired) electrons. The number of piperidine rings is 1. The summed E-state index contributed by atoms with van der Waals surface area (Å²) in [7, 11) is 0. The van der Waals surface area contributed by atoms with Crippen molar-refractivity contribution < 1.29 is 9.18 Å². The SMILES string of the molecule is O=C(/C=C\c1ccccn1)N1CCC(Nc2ccc(F)cc2)CC1. The Balaban J connectivity index is 1.48. The first-order valence-electron chi connectivity index (χ1n) is 8.11. The van der Waals surface area contributed by atoms with Gasteiger partial charge in [-0.3, -0.25) is 9.78 Å². The highest BCUT2D eigenvalue weighted by atomic mass is 19.1. The zero-order chi connectivity index (χ0) is 16.8. The maximum Gasteiger partial charge on any atom is 0.246 e. The number of nitrogens with zero attached hydrogens (tertiary/aromatic N) is 2. The Bertz CT molecular complexity index is 692. The molecule has 2 heterocycles. The van der Waals surface area contributed by atoms with Crippen LogP contribution in [0, 0.1) is 5.82 Å². The molecule has 0 saturated carbocycles. The molecule has 1 saturated heterocycles. The summed E-state index contributed by atoms with van der Waals surface area (Å²) < 4.78 is 12.9. The van der Waals surface area contributed by atoms with Gasteiger partial charge in [0.15, 0.2) is 0 Å². The van der Waals surface area contributed by atoms with Crippen LogP contribution in [0.25, 0.3) is 6.08 Å². The lowest BCUT2D eigenvalue weighted by Crippen LogP contribution is -2.41. The molecule has 24 heavy (non-hydrogen) atoms. The van der Waals surface area contributed by atoms with E-state index in [4.69, 9.17) is 0 Å². The number of halogens is 1. The molecule has 1 amide bonds. The summed E-state index contributed by atoms with van der Waals surface area (Å²) in [5, 5.41) is 3.39. The first-order chi connectivity index (χ1) is 11.7. The van der Waals surface area contributed by atoms with Gasteiger partial charge >= 0.3 is 0 Å². The Labute approximate surface area is 141 Å². The van der Waals surface area contributed by atoms with Gasteiger partial charge in [0.1, 0.15) is 5.82 Å². The lowest BCUT2D eigenvalue weighted by atomic mass is 10.0. The fourth-order valence-corrected chi connectivity index (χ4v) is 2.76. The Morgan fingerprint density at radius 1 is 1.17 bits per heavy atom. The van der Waals surface area contributed by atoms with Crippen LogP contribution in [0.5, 0.6) is 0 Å². The van der Waals surface area contributed by atoms with Crippen LogP contribution in [-0.2, 0) is 4.79 Å². The lowest BCUT2D eigenvalue weighted by molar-refractivity contribution is -0.126. The van der Waals surface area contributed by atoms with Crippen LogP contribution >= 0.6 is 0 Å². The molecule has 0 atom stereocenters. The van der Waals surface area contributed by atoms with Gasteiger partial charge in [-0.05, 0) is 55.3 Å². The summed E-state index contributed by atoms with van der Waals surface area (Å²) in [4.78, 5) is 18.2. The molecule has 1 aliphatic heterocycles. The number of likely N-dealkylation sites (tertiary alicyclic amines) is 1. The van der Waals surface area contributed by atoms with E-state index in [-0.39, 0.29) is 11.7 Å². The molecule has 1 aromatic carbocycles. The summed E-state index contributed by atoms with van der Waals surface area (Å²) in [6.07, 6.45) is 6.78. The quantitative estimate of drug-likeness (QED) is 0.877. The van der Waals surface area contributed by atoms with Gasteiger partial charge in [-0.2, -0.15) is 0 Å². The predicted octanol–water partition coefficient (Wildman–Crippen LogP) is 3.34. The molecule has 4 nitrogen and oxygen atoms in total. The zero-order valence-corrected chi connectivity index (χ0v) is 13.4. The van der Waals surface area contributed by atoms with Gasteiger partial charge in [-0.15, -0.1) is 0 Å². The molecule has 124 valence electrons. The molecular formula is C19H20FN3O. The first kappa shape index (κ1) is 16.2. The number of aromatic nitrogens is 1. The van der Waals surface area contributed by atoms with Crippen molar-refractivity contribution >= 4 is 17.7 Å². The molecule has 5 heteroatoms. The predicted molar refractivity (Wildman–Crippen MR) is 92.9 cm³/mol. The number of amides is 1. The average Bonchev–Trinajstić information content (AvgIpc) is 2.63. The minimum atomic E-state index is -0.236. The monoisotopic (exact) mass is 325 g/mol. The van der Waals surface area contributed by atoms with Gasteiger partial charge < -0.3 is 10.2 Å².